The Bertz CT molecular complexity index is 479. The molecule has 0 aliphatic rings. The van der Waals surface area contributed by atoms with Crippen LogP contribution in [0.1, 0.15) is 23.7 Å². The number of halogens is 1. The van der Waals surface area contributed by atoms with Crippen molar-refractivity contribution >= 4 is 27.3 Å². The molecule has 1 atom stereocenters. The zero-order valence-electron chi connectivity index (χ0n) is 9.85. The Labute approximate surface area is 113 Å². The lowest BCUT2D eigenvalue weighted by atomic mass is 10.2. The number of nitrogens with one attached hydrogen (secondary N) is 1. The molecule has 2 heterocycles. The first-order valence-electron chi connectivity index (χ1n) is 5.47. The third kappa shape index (κ3) is 3.37. The van der Waals surface area contributed by atoms with E-state index in [-0.39, 0.29) is 0 Å². The van der Waals surface area contributed by atoms with Crippen LogP contribution in [-0.4, -0.2) is 21.3 Å². The smallest absolute Gasteiger partial charge is 0.133 e. The topological polar surface area (TPSA) is 42.7 Å². The Morgan fingerprint density at radius 2 is 2.41 bits per heavy atom. The summed E-state index contributed by atoms with van der Waals surface area (Å²) in [5.74, 6) is 1.01. The van der Waals surface area contributed by atoms with E-state index in [4.69, 9.17) is 0 Å². The molecule has 0 aromatic carbocycles. The van der Waals surface area contributed by atoms with Crippen LogP contribution in [0, 0.1) is 0 Å². The molecule has 2 aromatic rings. The second kappa shape index (κ2) is 5.75. The molecule has 1 unspecified atom stereocenters. The fourth-order valence-corrected chi connectivity index (χ4v) is 3.07. The summed E-state index contributed by atoms with van der Waals surface area (Å²) < 4.78 is 3.10. The van der Waals surface area contributed by atoms with Gasteiger partial charge < -0.3 is 9.88 Å². The highest BCUT2D eigenvalue weighted by Gasteiger charge is 2.08. The van der Waals surface area contributed by atoms with Crippen molar-refractivity contribution in [2.24, 2.45) is 7.05 Å². The second-order valence-electron chi connectivity index (χ2n) is 3.95. The first-order chi connectivity index (χ1) is 8.16. The van der Waals surface area contributed by atoms with Gasteiger partial charge in [-0.05, 0) is 28.9 Å². The van der Waals surface area contributed by atoms with E-state index in [0.717, 1.165) is 23.3 Å². The number of aryl methyl sites for hydroxylation is 1. The highest BCUT2D eigenvalue weighted by molar-refractivity contribution is 9.10. The molecule has 6 heteroatoms. The highest BCUT2D eigenvalue weighted by atomic mass is 79.9. The number of hydrogen-bond donors (Lipinski definition) is 1. The van der Waals surface area contributed by atoms with Crippen LogP contribution < -0.4 is 5.32 Å². The maximum atomic E-state index is 4.06. The average molecular weight is 315 g/mol. The van der Waals surface area contributed by atoms with Gasteiger partial charge in [-0.25, -0.2) is 0 Å². The van der Waals surface area contributed by atoms with Crippen LogP contribution in [0.25, 0.3) is 0 Å². The van der Waals surface area contributed by atoms with Gasteiger partial charge in [-0.15, -0.1) is 21.5 Å². The molecular formula is C11H15BrN4S. The van der Waals surface area contributed by atoms with Gasteiger partial charge in [0, 0.05) is 40.8 Å². The van der Waals surface area contributed by atoms with Crippen molar-refractivity contribution < 1.29 is 0 Å². The quantitative estimate of drug-likeness (QED) is 0.922. The van der Waals surface area contributed by atoms with Gasteiger partial charge in [0.25, 0.3) is 0 Å². The van der Waals surface area contributed by atoms with Crippen LogP contribution in [0.2, 0.25) is 0 Å². The molecule has 2 rings (SSSR count). The number of rotatable bonds is 5. The van der Waals surface area contributed by atoms with Gasteiger partial charge >= 0.3 is 0 Å². The predicted octanol–water partition coefficient (Wildman–Crippen LogP) is 2.53. The summed E-state index contributed by atoms with van der Waals surface area (Å²) in [6, 6.07) is 2.53. The lowest BCUT2D eigenvalue weighted by Crippen LogP contribution is -2.21. The van der Waals surface area contributed by atoms with Crippen LogP contribution in [0.4, 0.5) is 0 Å². The van der Waals surface area contributed by atoms with Gasteiger partial charge in [0.05, 0.1) is 0 Å². The molecule has 0 radical (unpaired) electrons. The summed E-state index contributed by atoms with van der Waals surface area (Å²) in [7, 11) is 1.97. The monoisotopic (exact) mass is 314 g/mol. The molecule has 92 valence electrons. The summed E-state index contributed by atoms with van der Waals surface area (Å²) in [6.07, 6.45) is 2.63. The summed E-state index contributed by atoms with van der Waals surface area (Å²) in [5, 5.41) is 13.5. The van der Waals surface area contributed by atoms with Gasteiger partial charge in [-0.3, -0.25) is 0 Å². The van der Waals surface area contributed by atoms with Crippen LogP contribution in [0.3, 0.4) is 0 Å². The van der Waals surface area contributed by atoms with Crippen molar-refractivity contribution in [3.05, 3.63) is 32.9 Å². The molecule has 0 fully saturated rings. The lowest BCUT2D eigenvalue weighted by molar-refractivity contribution is 0.571. The van der Waals surface area contributed by atoms with Crippen molar-refractivity contribution in [2.75, 3.05) is 6.54 Å². The average Bonchev–Trinajstić information content (AvgIpc) is 2.88. The van der Waals surface area contributed by atoms with Gasteiger partial charge in [-0.1, -0.05) is 0 Å². The first-order valence-corrected chi connectivity index (χ1v) is 7.14. The maximum Gasteiger partial charge on any atom is 0.133 e. The number of aromatic nitrogens is 3. The minimum atomic E-state index is 0.375. The Morgan fingerprint density at radius 1 is 1.59 bits per heavy atom. The molecule has 0 saturated carbocycles. The van der Waals surface area contributed by atoms with E-state index < -0.39 is 0 Å². The molecule has 0 spiro atoms. The Balaban J connectivity index is 1.81. The van der Waals surface area contributed by atoms with Crippen LogP contribution >= 0.6 is 27.3 Å². The maximum absolute atomic E-state index is 4.06. The molecule has 17 heavy (non-hydrogen) atoms. The fraction of sp³-hybridized carbons (Fsp3) is 0.455. The molecule has 2 aromatic heterocycles. The van der Waals surface area contributed by atoms with E-state index in [1.165, 1.54) is 4.88 Å². The summed E-state index contributed by atoms with van der Waals surface area (Å²) in [4.78, 5) is 1.34. The molecule has 4 nitrogen and oxygen atoms in total. The molecule has 0 amide bonds. The van der Waals surface area contributed by atoms with E-state index in [1.54, 1.807) is 17.7 Å². The van der Waals surface area contributed by atoms with E-state index in [9.17, 15) is 0 Å². The minimum absolute atomic E-state index is 0.375. The van der Waals surface area contributed by atoms with E-state index in [1.807, 2.05) is 11.6 Å². The SMILES string of the molecule is CC(NCCc1nncn1C)c1cc(Br)cs1. The van der Waals surface area contributed by atoms with Crippen molar-refractivity contribution in [3.63, 3.8) is 0 Å². The first kappa shape index (κ1) is 12.7. The molecule has 0 aliphatic carbocycles. The lowest BCUT2D eigenvalue weighted by Gasteiger charge is -2.11. The Kier molecular flexibility index (Phi) is 4.31. The molecule has 0 saturated heterocycles. The van der Waals surface area contributed by atoms with Crippen molar-refractivity contribution in [1.29, 1.82) is 0 Å². The normalized spacial score (nSPS) is 12.9. The third-order valence-corrected chi connectivity index (χ3v) is 4.50. The van der Waals surface area contributed by atoms with Gasteiger partial charge in [0.15, 0.2) is 0 Å². The Hall–Kier alpha value is -0.720. The number of hydrogen-bond acceptors (Lipinski definition) is 4. The zero-order chi connectivity index (χ0) is 12.3. The van der Waals surface area contributed by atoms with Crippen molar-refractivity contribution in [2.45, 2.75) is 19.4 Å². The number of thiophene rings is 1. The van der Waals surface area contributed by atoms with E-state index in [0.29, 0.717) is 6.04 Å². The zero-order valence-corrected chi connectivity index (χ0v) is 12.3. The van der Waals surface area contributed by atoms with Gasteiger partial charge in [-0.2, -0.15) is 0 Å². The minimum Gasteiger partial charge on any atom is -0.321 e. The fourth-order valence-electron chi connectivity index (χ4n) is 1.59. The van der Waals surface area contributed by atoms with E-state index in [2.05, 4.69) is 49.8 Å². The van der Waals surface area contributed by atoms with E-state index >= 15 is 0 Å². The summed E-state index contributed by atoms with van der Waals surface area (Å²) in [6.45, 7) is 3.08. The number of nitrogens with zero attached hydrogens (tertiary/aromatic N) is 3. The van der Waals surface area contributed by atoms with Crippen LogP contribution in [-0.2, 0) is 13.5 Å². The van der Waals surface area contributed by atoms with Crippen LogP contribution in [0.15, 0.2) is 22.2 Å². The van der Waals surface area contributed by atoms with Gasteiger partial charge in [0.1, 0.15) is 12.2 Å². The second-order valence-corrected chi connectivity index (χ2v) is 5.81. The molecule has 0 aliphatic heterocycles. The standard InChI is InChI=1S/C11H15BrN4S/c1-8(10-5-9(12)6-17-10)13-4-3-11-15-14-7-16(11)2/h5-8,13H,3-4H2,1-2H3. The highest BCUT2D eigenvalue weighted by Crippen LogP contribution is 2.25. The molecule has 1 N–H and O–H groups in total. The van der Waals surface area contributed by atoms with Crippen LogP contribution in [0.5, 0.6) is 0 Å². The largest absolute Gasteiger partial charge is 0.321 e. The Morgan fingerprint density at radius 3 is 3.00 bits per heavy atom. The summed E-state index contributed by atoms with van der Waals surface area (Å²) in [5.41, 5.74) is 0. The predicted molar refractivity (Wildman–Crippen MR) is 73.1 cm³/mol. The molecule has 0 bridgehead atoms. The third-order valence-electron chi connectivity index (χ3n) is 2.62. The molecular weight excluding hydrogens is 300 g/mol. The van der Waals surface area contributed by atoms with Crippen molar-refractivity contribution in [3.8, 4) is 0 Å². The summed E-state index contributed by atoms with van der Waals surface area (Å²) >= 11 is 5.24. The van der Waals surface area contributed by atoms with Crippen molar-refractivity contribution in [1.82, 2.24) is 20.1 Å². The van der Waals surface area contributed by atoms with Gasteiger partial charge in [0.2, 0.25) is 0 Å².